The van der Waals surface area contributed by atoms with Gasteiger partial charge in [0.25, 0.3) is 0 Å². The molecule has 1 rings (SSSR count). The topological polar surface area (TPSA) is 71.1 Å². The number of hydrogen-bond donors (Lipinski definition) is 0. The van der Waals surface area contributed by atoms with Crippen molar-refractivity contribution in [1.29, 1.82) is 0 Å². The Morgan fingerprint density at radius 1 is 1.14 bits per heavy atom. The molecule has 0 aromatic rings. The van der Waals surface area contributed by atoms with Gasteiger partial charge in [-0.3, -0.25) is 9.59 Å². The normalized spacial score (nSPS) is 22.8. The lowest BCUT2D eigenvalue weighted by atomic mass is 10.0. The van der Waals surface area contributed by atoms with Gasteiger partial charge in [0.15, 0.2) is 0 Å². The van der Waals surface area contributed by atoms with E-state index in [1.807, 2.05) is 20.8 Å². The zero-order chi connectivity index (χ0) is 15.9. The van der Waals surface area contributed by atoms with Crippen molar-refractivity contribution in [1.82, 2.24) is 0 Å². The third-order valence-corrected chi connectivity index (χ3v) is 7.95. The van der Waals surface area contributed by atoms with Crippen molar-refractivity contribution in [3.63, 3.8) is 0 Å². The molecule has 1 atom stereocenters. The number of carbonyl (C=O) groups is 2. The van der Waals surface area contributed by atoms with Crippen molar-refractivity contribution in [3.05, 3.63) is 0 Å². The molecule has 0 amide bonds. The van der Waals surface area contributed by atoms with Gasteiger partial charge in [0.1, 0.15) is 0 Å². The maximum Gasteiger partial charge on any atom is 0.500 e. The van der Waals surface area contributed by atoms with Gasteiger partial charge < -0.3 is 18.0 Å². The molecule has 1 aliphatic heterocycles. The van der Waals surface area contributed by atoms with Gasteiger partial charge in [-0.05, 0) is 33.6 Å². The molecular formula is C13H26O6Si2. The summed E-state index contributed by atoms with van der Waals surface area (Å²) in [7, 11) is -2.05. The Morgan fingerprint density at radius 3 is 2.05 bits per heavy atom. The average Bonchev–Trinajstić information content (AvgIpc) is 2.64. The van der Waals surface area contributed by atoms with Gasteiger partial charge in [0.05, 0.1) is 11.5 Å². The van der Waals surface area contributed by atoms with Crippen LogP contribution in [0.15, 0.2) is 0 Å². The van der Waals surface area contributed by atoms with Crippen molar-refractivity contribution in [2.75, 3.05) is 19.8 Å². The maximum atomic E-state index is 11.7. The molecule has 0 aromatic heterocycles. The van der Waals surface area contributed by atoms with Gasteiger partial charge in [-0.15, -0.1) is 0 Å². The van der Waals surface area contributed by atoms with Crippen LogP contribution in [0.2, 0.25) is 11.1 Å². The number of esters is 2. The highest BCUT2D eigenvalue weighted by atomic mass is 28.4. The smallest absolute Gasteiger partial charge is 0.393 e. The minimum atomic E-state index is -2.66. The van der Waals surface area contributed by atoms with Crippen LogP contribution in [0, 0.1) is 0 Å². The van der Waals surface area contributed by atoms with Crippen LogP contribution in [-0.2, 0) is 27.6 Å². The first kappa shape index (κ1) is 18.5. The second kappa shape index (κ2) is 8.18. The zero-order valence-electron chi connectivity index (χ0n) is 13.4. The van der Waals surface area contributed by atoms with Crippen LogP contribution in [0.4, 0.5) is 0 Å². The van der Waals surface area contributed by atoms with Crippen LogP contribution < -0.4 is 0 Å². The highest BCUT2D eigenvalue weighted by Gasteiger charge is 2.46. The van der Waals surface area contributed by atoms with E-state index in [-0.39, 0.29) is 12.4 Å². The summed E-state index contributed by atoms with van der Waals surface area (Å²) < 4.78 is 22.0. The van der Waals surface area contributed by atoms with Crippen molar-refractivity contribution >= 4 is 31.0 Å². The van der Waals surface area contributed by atoms with Crippen molar-refractivity contribution in [2.24, 2.45) is 0 Å². The van der Waals surface area contributed by atoms with Crippen LogP contribution >= 0.6 is 0 Å². The first-order valence-corrected chi connectivity index (χ1v) is 10.5. The summed E-state index contributed by atoms with van der Waals surface area (Å²) in [5, 5.41) is -0.581. The SMILES string of the molecule is CCO[Si](CCCC1([SiH3])CC(=O)OC1=O)(OCC)OCC. The molecule has 0 spiro atoms. The Balaban J connectivity index is 2.60. The molecule has 1 unspecified atom stereocenters. The van der Waals surface area contributed by atoms with Crippen LogP contribution in [-0.4, -0.2) is 50.8 Å². The number of carbonyl (C=O) groups excluding carboxylic acids is 2. The Labute approximate surface area is 130 Å². The number of hydrogen-bond acceptors (Lipinski definition) is 6. The van der Waals surface area contributed by atoms with E-state index < -0.39 is 19.8 Å². The monoisotopic (exact) mass is 334 g/mol. The van der Waals surface area contributed by atoms with Gasteiger partial charge in [0.2, 0.25) is 0 Å². The minimum absolute atomic E-state index is 0.213. The van der Waals surface area contributed by atoms with Gasteiger partial charge in [-0.2, -0.15) is 0 Å². The minimum Gasteiger partial charge on any atom is -0.393 e. The van der Waals surface area contributed by atoms with Crippen molar-refractivity contribution in [2.45, 2.75) is 51.1 Å². The molecular weight excluding hydrogens is 308 g/mol. The van der Waals surface area contributed by atoms with Gasteiger partial charge in [0, 0.05) is 36.1 Å². The molecule has 1 fully saturated rings. The summed E-state index contributed by atoms with van der Waals surface area (Å²) in [6, 6.07) is 0.661. The fraction of sp³-hybridized carbons (Fsp3) is 0.846. The molecule has 0 aromatic carbocycles. The molecule has 0 N–H and O–H groups in total. The first-order chi connectivity index (χ1) is 9.91. The van der Waals surface area contributed by atoms with Crippen LogP contribution in [0.1, 0.15) is 40.0 Å². The molecule has 8 heteroatoms. The number of cyclic esters (lactones) is 2. The van der Waals surface area contributed by atoms with E-state index in [0.29, 0.717) is 42.5 Å². The van der Waals surface area contributed by atoms with E-state index in [0.717, 1.165) is 6.42 Å². The highest BCUT2D eigenvalue weighted by Crippen LogP contribution is 2.40. The van der Waals surface area contributed by atoms with Gasteiger partial charge in [-0.1, -0.05) is 0 Å². The predicted molar refractivity (Wildman–Crippen MR) is 83.0 cm³/mol. The molecule has 21 heavy (non-hydrogen) atoms. The lowest BCUT2D eigenvalue weighted by molar-refractivity contribution is -0.152. The number of rotatable bonds is 10. The van der Waals surface area contributed by atoms with Crippen LogP contribution in [0.25, 0.3) is 0 Å². The maximum absolute atomic E-state index is 11.7. The quantitative estimate of drug-likeness (QED) is 0.334. The lowest BCUT2D eigenvalue weighted by Gasteiger charge is -2.29. The summed E-state index contributed by atoms with van der Waals surface area (Å²) in [5.41, 5.74) is 0. The fourth-order valence-electron chi connectivity index (χ4n) is 2.54. The molecule has 0 radical (unpaired) electrons. The largest absolute Gasteiger partial charge is 0.500 e. The van der Waals surface area contributed by atoms with Crippen molar-refractivity contribution < 1.29 is 27.6 Å². The Hall–Kier alpha value is -0.546. The molecule has 122 valence electrons. The molecule has 0 saturated carbocycles. The predicted octanol–water partition coefficient (Wildman–Crippen LogP) is 0.813. The standard InChI is InChI=1S/C13H26O6Si2/c1-4-16-21(17-5-2,18-6-3)9-7-8-13(20)10-11(14)19-12(13)15/h4-10H2,1-3,20H3. The molecule has 1 heterocycles. The third kappa shape index (κ3) is 4.99. The van der Waals surface area contributed by atoms with E-state index in [2.05, 4.69) is 4.74 Å². The van der Waals surface area contributed by atoms with Gasteiger partial charge in [-0.25, -0.2) is 0 Å². The summed E-state index contributed by atoms with van der Waals surface area (Å²) in [5.74, 6) is -0.770. The highest BCUT2D eigenvalue weighted by molar-refractivity contribution is 6.60. The fourth-order valence-corrected chi connectivity index (χ4v) is 5.90. The van der Waals surface area contributed by atoms with E-state index in [9.17, 15) is 9.59 Å². The molecule has 1 saturated heterocycles. The molecule has 0 aliphatic carbocycles. The van der Waals surface area contributed by atoms with E-state index in [4.69, 9.17) is 13.3 Å². The summed E-state index contributed by atoms with van der Waals surface area (Å²) in [6.07, 6.45) is 1.58. The third-order valence-electron chi connectivity index (χ3n) is 3.54. The van der Waals surface area contributed by atoms with Crippen LogP contribution in [0.5, 0.6) is 0 Å². The van der Waals surface area contributed by atoms with E-state index in [1.54, 1.807) is 0 Å². The summed E-state index contributed by atoms with van der Waals surface area (Å²) >= 11 is 0. The second-order valence-corrected chi connectivity index (χ2v) is 9.98. The van der Waals surface area contributed by atoms with E-state index in [1.165, 1.54) is 0 Å². The lowest BCUT2D eigenvalue weighted by Crippen LogP contribution is -2.46. The summed E-state index contributed by atoms with van der Waals surface area (Å²) in [4.78, 5) is 23.0. The first-order valence-electron chi connectivity index (χ1n) is 7.58. The van der Waals surface area contributed by atoms with E-state index >= 15 is 0 Å². The molecule has 1 aliphatic rings. The average molecular weight is 335 g/mol. The second-order valence-electron chi connectivity index (χ2n) is 5.33. The zero-order valence-corrected chi connectivity index (χ0v) is 16.4. The van der Waals surface area contributed by atoms with Gasteiger partial charge >= 0.3 is 20.7 Å². The Bertz CT molecular complexity index is 359. The Kier molecular flexibility index (Phi) is 7.21. The molecule has 0 bridgehead atoms. The molecule has 6 nitrogen and oxygen atoms in total. The summed E-state index contributed by atoms with van der Waals surface area (Å²) in [6.45, 7) is 7.37. The Morgan fingerprint density at radius 2 is 1.67 bits per heavy atom. The number of ether oxygens (including phenoxy) is 1. The van der Waals surface area contributed by atoms with Crippen LogP contribution in [0.3, 0.4) is 0 Å². The van der Waals surface area contributed by atoms with Crippen molar-refractivity contribution in [3.8, 4) is 0 Å².